The minimum absolute atomic E-state index is 0.00785. The molecule has 0 amide bonds. The molecule has 0 aliphatic heterocycles. The molecule has 19 heavy (non-hydrogen) atoms. The van der Waals surface area contributed by atoms with E-state index >= 15 is 0 Å². The van der Waals surface area contributed by atoms with Crippen molar-refractivity contribution in [2.45, 2.75) is 25.3 Å². The highest BCUT2D eigenvalue weighted by Gasteiger charge is 2.32. The highest BCUT2D eigenvalue weighted by Crippen LogP contribution is 2.43. The van der Waals surface area contributed by atoms with Gasteiger partial charge < -0.3 is 4.57 Å². The fourth-order valence-electron chi connectivity index (χ4n) is 2.15. The van der Waals surface area contributed by atoms with Crippen LogP contribution in [0.1, 0.15) is 31.1 Å². The lowest BCUT2D eigenvalue weighted by Crippen LogP contribution is -2.01. The Morgan fingerprint density at radius 2 is 2.16 bits per heavy atom. The van der Waals surface area contributed by atoms with Crippen LogP contribution >= 0.6 is 11.6 Å². The summed E-state index contributed by atoms with van der Waals surface area (Å²) in [4.78, 5) is 13.9. The maximum atomic E-state index is 13.0. The summed E-state index contributed by atoms with van der Waals surface area (Å²) in [6.45, 7) is 0. The first-order valence-electron chi connectivity index (χ1n) is 5.63. The molecule has 1 aromatic carbocycles. The summed E-state index contributed by atoms with van der Waals surface area (Å²) in [7, 11) is 0. The molecule has 1 fully saturated rings. The Hall–Kier alpha value is -1.76. The highest BCUT2D eigenvalue weighted by atomic mass is 35.5. The molecule has 1 heterocycles. The van der Waals surface area contributed by atoms with Crippen molar-refractivity contribution in [1.29, 1.82) is 0 Å². The van der Waals surface area contributed by atoms with Gasteiger partial charge in [-0.05, 0) is 18.9 Å². The molecule has 0 radical (unpaired) electrons. The minimum atomic E-state index is -2.73. The van der Waals surface area contributed by atoms with Crippen LogP contribution in [0, 0.1) is 10.1 Å². The molecule has 0 bridgehead atoms. The van der Waals surface area contributed by atoms with Crippen molar-refractivity contribution in [3.63, 3.8) is 0 Å². The zero-order valence-corrected chi connectivity index (χ0v) is 10.3. The molecular weight excluding hydrogens is 280 g/mol. The van der Waals surface area contributed by atoms with Crippen molar-refractivity contribution in [2.75, 3.05) is 0 Å². The number of nitro groups is 1. The van der Waals surface area contributed by atoms with E-state index in [1.807, 2.05) is 0 Å². The molecule has 1 aliphatic carbocycles. The van der Waals surface area contributed by atoms with Gasteiger partial charge >= 0.3 is 0 Å². The van der Waals surface area contributed by atoms with Crippen LogP contribution in [0.5, 0.6) is 0 Å². The number of benzene rings is 1. The molecule has 0 N–H and O–H groups in total. The molecule has 1 saturated carbocycles. The first-order chi connectivity index (χ1) is 9.00. The number of imidazole rings is 1. The van der Waals surface area contributed by atoms with E-state index in [-0.39, 0.29) is 28.1 Å². The molecule has 1 aromatic heterocycles. The average molecular weight is 288 g/mol. The van der Waals surface area contributed by atoms with Crippen LogP contribution in [0.15, 0.2) is 12.1 Å². The van der Waals surface area contributed by atoms with Crippen LogP contribution in [-0.4, -0.2) is 14.5 Å². The number of halogens is 3. The smallest absolute Gasteiger partial charge is 0.295 e. The quantitative estimate of drug-likeness (QED) is 0.636. The Balaban J connectivity index is 2.31. The van der Waals surface area contributed by atoms with E-state index in [0.717, 1.165) is 12.8 Å². The van der Waals surface area contributed by atoms with Crippen LogP contribution in [-0.2, 0) is 0 Å². The van der Waals surface area contributed by atoms with E-state index in [2.05, 4.69) is 4.98 Å². The SMILES string of the molecule is O=[N+]([O-])c1ccc2c(nc(C(F)F)n2C2CC2)c1Cl. The lowest BCUT2D eigenvalue weighted by Gasteiger charge is -2.06. The van der Waals surface area contributed by atoms with E-state index in [0.29, 0.717) is 5.52 Å². The van der Waals surface area contributed by atoms with Crippen molar-refractivity contribution in [3.05, 3.63) is 33.1 Å². The molecule has 8 heteroatoms. The first kappa shape index (κ1) is 12.3. The third kappa shape index (κ3) is 1.85. The minimum Gasteiger partial charge on any atom is -0.320 e. The summed E-state index contributed by atoms with van der Waals surface area (Å²) in [5, 5.41) is 10.6. The van der Waals surface area contributed by atoms with E-state index in [9.17, 15) is 18.9 Å². The molecule has 0 saturated heterocycles. The Bertz CT molecular complexity index is 682. The number of aromatic nitrogens is 2. The van der Waals surface area contributed by atoms with Crippen molar-refractivity contribution < 1.29 is 13.7 Å². The highest BCUT2D eigenvalue weighted by molar-refractivity contribution is 6.37. The summed E-state index contributed by atoms with van der Waals surface area (Å²) in [6, 6.07) is 2.64. The van der Waals surface area contributed by atoms with Gasteiger partial charge in [-0.2, -0.15) is 0 Å². The maximum Gasteiger partial charge on any atom is 0.295 e. The normalized spacial score (nSPS) is 15.4. The number of rotatable bonds is 3. The number of nitro benzene ring substituents is 1. The number of hydrogen-bond donors (Lipinski definition) is 0. The molecule has 3 rings (SSSR count). The van der Waals surface area contributed by atoms with Gasteiger partial charge in [0.25, 0.3) is 12.1 Å². The first-order valence-corrected chi connectivity index (χ1v) is 6.01. The fourth-order valence-corrected chi connectivity index (χ4v) is 2.42. The lowest BCUT2D eigenvalue weighted by atomic mass is 10.2. The fraction of sp³-hybridized carbons (Fsp3) is 0.364. The van der Waals surface area contributed by atoms with E-state index in [1.165, 1.54) is 16.7 Å². The zero-order chi connectivity index (χ0) is 13.7. The van der Waals surface area contributed by atoms with Gasteiger partial charge in [-0.25, -0.2) is 13.8 Å². The van der Waals surface area contributed by atoms with Crippen LogP contribution < -0.4 is 0 Å². The molecule has 5 nitrogen and oxygen atoms in total. The average Bonchev–Trinajstić information content (AvgIpc) is 3.09. The Kier molecular flexibility index (Phi) is 2.67. The monoisotopic (exact) mass is 287 g/mol. The van der Waals surface area contributed by atoms with E-state index in [1.54, 1.807) is 0 Å². The molecular formula is C11H8ClF2N3O2. The van der Waals surface area contributed by atoms with Gasteiger partial charge in [0.15, 0.2) is 5.82 Å². The second-order valence-corrected chi connectivity index (χ2v) is 4.77. The van der Waals surface area contributed by atoms with Crippen LogP contribution in [0.2, 0.25) is 5.02 Å². The van der Waals surface area contributed by atoms with E-state index in [4.69, 9.17) is 11.6 Å². The van der Waals surface area contributed by atoms with Gasteiger partial charge in [-0.1, -0.05) is 11.6 Å². The number of alkyl halides is 2. The predicted octanol–water partition coefficient (Wildman–Crippen LogP) is 3.87. The summed E-state index contributed by atoms with van der Waals surface area (Å²) in [5.41, 5.74) is 0.168. The summed E-state index contributed by atoms with van der Waals surface area (Å²) in [5.74, 6) is -0.375. The molecule has 100 valence electrons. The Morgan fingerprint density at radius 1 is 1.47 bits per heavy atom. The van der Waals surface area contributed by atoms with E-state index < -0.39 is 11.3 Å². The number of fused-ring (bicyclic) bond motifs is 1. The second kappa shape index (κ2) is 4.12. The molecule has 1 aliphatic rings. The van der Waals surface area contributed by atoms with Gasteiger partial charge in [0.2, 0.25) is 0 Å². The lowest BCUT2D eigenvalue weighted by molar-refractivity contribution is -0.384. The maximum absolute atomic E-state index is 13.0. The van der Waals surface area contributed by atoms with Gasteiger partial charge in [0, 0.05) is 12.1 Å². The standard InChI is InChI=1S/C11H8ClF2N3O2/c12-8-6(17(18)19)3-4-7-9(8)15-11(10(13)14)16(7)5-1-2-5/h3-5,10H,1-2H2. The van der Waals surface area contributed by atoms with Crippen molar-refractivity contribution in [3.8, 4) is 0 Å². The summed E-state index contributed by atoms with van der Waals surface area (Å²) in [6.07, 6.45) is -1.12. The van der Waals surface area contributed by atoms with Crippen LogP contribution in [0.4, 0.5) is 14.5 Å². The topological polar surface area (TPSA) is 61.0 Å². The van der Waals surface area contributed by atoms with Gasteiger partial charge in [0.1, 0.15) is 10.5 Å². The number of nitrogens with zero attached hydrogens (tertiary/aromatic N) is 3. The summed E-state index contributed by atoms with van der Waals surface area (Å²) >= 11 is 5.89. The van der Waals surface area contributed by atoms with Crippen LogP contribution in [0.25, 0.3) is 11.0 Å². The van der Waals surface area contributed by atoms with Crippen LogP contribution in [0.3, 0.4) is 0 Å². The zero-order valence-electron chi connectivity index (χ0n) is 9.52. The third-order valence-corrected chi connectivity index (χ3v) is 3.48. The molecule has 0 atom stereocenters. The third-order valence-electron chi connectivity index (χ3n) is 3.11. The Morgan fingerprint density at radius 3 is 2.68 bits per heavy atom. The molecule has 2 aromatic rings. The number of hydrogen-bond acceptors (Lipinski definition) is 3. The largest absolute Gasteiger partial charge is 0.320 e. The van der Waals surface area contributed by atoms with Crippen molar-refractivity contribution >= 4 is 28.3 Å². The van der Waals surface area contributed by atoms with Gasteiger partial charge in [-0.15, -0.1) is 0 Å². The predicted molar refractivity (Wildman–Crippen MR) is 64.6 cm³/mol. The van der Waals surface area contributed by atoms with Gasteiger partial charge in [0.05, 0.1) is 10.4 Å². The summed E-state index contributed by atoms with van der Waals surface area (Å²) < 4.78 is 27.4. The molecule has 0 unspecified atom stereocenters. The van der Waals surface area contributed by atoms with Gasteiger partial charge in [-0.3, -0.25) is 10.1 Å². The van der Waals surface area contributed by atoms with Crippen molar-refractivity contribution in [2.24, 2.45) is 0 Å². The second-order valence-electron chi connectivity index (χ2n) is 4.40. The molecule has 0 spiro atoms. The Labute approximate surface area is 110 Å². The van der Waals surface area contributed by atoms with Crippen molar-refractivity contribution in [1.82, 2.24) is 9.55 Å².